The third kappa shape index (κ3) is 3.27. The molecule has 0 spiro atoms. The van der Waals surface area contributed by atoms with Crippen molar-refractivity contribution in [3.8, 4) is 11.6 Å². The Morgan fingerprint density at radius 1 is 1.26 bits per heavy atom. The molecule has 0 bridgehead atoms. The van der Waals surface area contributed by atoms with Crippen LogP contribution in [0.1, 0.15) is 0 Å². The fourth-order valence-corrected chi connectivity index (χ4v) is 3.21. The standard InChI is InChI=1S/C17H12BrF2N5O2/c1-24-6-9-4-10(2-3-11(9)23-24)25-7-12-16(15(18)17(25)26)22-14(5-21-12)27-8-13(19)20/h2-7,13H,8H2,1H3. The van der Waals surface area contributed by atoms with Crippen molar-refractivity contribution in [2.24, 2.45) is 7.05 Å². The van der Waals surface area contributed by atoms with E-state index in [2.05, 4.69) is 31.0 Å². The number of pyridine rings is 1. The summed E-state index contributed by atoms with van der Waals surface area (Å²) < 4.78 is 32.8. The van der Waals surface area contributed by atoms with Crippen molar-refractivity contribution in [2.45, 2.75) is 6.43 Å². The quantitative estimate of drug-likeness (QED) is 0.492. The molecule has 0 radical (unpaired) electrons. The molecule has 4 aromatic rings. The predicted octanol–water partition coefficient (Wildman–Crippen LogP) is 3.07. The van der Waals surface area contributed by atoms with Gasteiger partial charge in [-0.25, -0.2) is 18.7 Å². The Morgan fingerprint density at radius 2 is 2.07 bits per heavy atom. The molecule has 0 amide bonds. The van der Waals surface area contributed by atoms with Crippen molar-refractivity contribution < 1.29 is 13.5 Å². The summed E-state index contributed by atoms with van der Waals surface area (Å²) in [7, 11) is 1.82. The van der Waals surface area contributed by atoms with Crippen LogP contribution >= 0.6 is 15.9 Å². The lowest BCUT2D eigenvalue weighted by Crippen LogP contribution is -2.19. The third-order valence-electron chi connectivity index (χ3n) is 3.88. The Labute approximate surface area is 159 Å². The summed E-state index contributed by atoms with van der Waals surface area (Å²) in [4.78, 5) is 21.0. The number of halogens is 3. The highest BCUT2D eigenvalue weighted by atomic mass is 79.9. The van der Waals surface area contributed by atoms with Gasteiger partial charge in [0.1, 0.15) is 15.5 Å². The van der Waals surface area contributed by atoms with E-state index in [0.717, 1.165) is 10.9 Å². The highest BCUT2D eigenvalue weighted by Crippen LogP contribution is 2.22. The van der Waals surface area contributed by atoms with E-state index < -0.39 is 13.0 Å². The van der Waals surface area contributed by atoms with E-state index in [-0.39, 0.29) is 21.4 Å². The highest BCUT2D eigenvalue weighted by molar-refractivity contribution is 9.10. The number of hydrogen-bond acceptors (Lipinski definition) is 5. The van der Waals surface area contributed by atoms with E-state index in [1.165, 1.54) is 10.8 Å². The van der Waals surface area contributed by atoms with Gasteiger partial charge in [0.15, 0.2) is 6.61 Å². The third-order valence-corrected chi connectivity index (χ3v) is 4.60. The van der Waals surface area contributed by atoms with Gasteiger partial charge in [0.05, 0.1) is 11.7 Å². The minimum atomic E-state index is -2.62. The van der Waals surface area contributed by atoms with E-state index in [1.807, 2.05) is 25.4 Å². The molecule has 0 aliphatic rings. The number of nitrogens with zero attached hydrogens (tertiary/aromatic N) is 5. The first-order chi connectivity index (χ1) is 12.9. The number of fused-ring (bicyclic) bond motifs is 2. The minimum absolute atomic E-state index is 0.0718. The molecule has 0 atom stereocenters. The van der Waals surface area contributed by atoms with E-state index in [0.29, 0.717) is 11.2 Å². The van der Waals surface area contributed by atoms with Crippen molar-refractivity contribution in [3.05, 3.63) is 51.6 Å². The molecule has 0 saturated carbocycles. The number of aromatic nitrogens is 5. The monoisotopic (exact) mass is 435 g/mol. The first kappa shape index (κ1) is 17.5. The molecule has 27 heavy (non-hydrogen) atoms. The molecule has 0 saturated heterocycles. The van der Waals surface area contributed by atoms with Crippen molar-refractivity contribution in [2.75, 3.05) is 6.61 Å². The SMILES string of the molecule is Cn1cc2cc(-n3cc4ncc(OCC(F)F)nc4c(Br)c3=O)ccc2n1. The van der Waals surface area contributed by atoms with Crippen LogP contribution in [-0.2, 0) is 7.05 Å². The second-order valence-electron chi connectivity index (χ2n) is 5.81. The van der Waals surface area contributed by atoms with Crippen LogP contribution in [0.25, 0.3) is 27.6 Å². The molecule has 0 N–H and O–H groups in total. The Bertz CT molecular complexity index is 1220. The van der Waals surface area contributed by atoms with Gasteiger partial charge in [0.25, 0.3) is 12.0 Å². The molecule has 0 unspecified atom stereocenters. The summed E-state index contributed by atoms with van der Waals surface area (Å²) in [5.74, 6) is -0.0718. The fourth-order valence-electron chi connectivity index (χ4n) is 2.72. The van der Waals surface area contributed by atoms with Gasteiger partial charge in [0, 0.05) is 30.5 Å². The molecule has 0 aliphatic carbocycles. The van der Waals surface area contributed by atoms with Crippen LogP contribution in [0.3, 0.4) is 0 Å². The summed E-state index contributed by atoms with van der Waals surface area (Å²) in [5, 5.41) is 5.20. The Kier molecular flexibility index (Phi) is 4.34. The van der Waals surface area contributed by atoms with Gasteiger partial charge in [-0.15, -0.1) is 0 Å². The first-order valence-electron chi connectivity index (χ1n) is 7.85. The molecule has 4 rings (SSSR count). The lowest BCUT2D eigenvalue weighted by atomic mass is 10.2. The molecule has 10 heteroatoms. The summed E-state index contributed by atoms with van der Waals surface area (Å²) in [6.07, 6.45) is 2.02. The van der Waals surface area contributed by atoms with E-state index in [1.54, 1.807) is 16.9 Å². The molecule has 138 valence electrons. The molecular formula is C17H12BrF2N5O2. The number of rotatable bonds is 4. The molecular weight excluding hydrogens is 424 g/mol. The lowest BCUT2D eigenvalue weighted by Gasteiger charge is -2.10. The van der Waals surface area contributed by atoms with Crippen molar-refractivity contribution in [1.82, 2.24) is 24.3 Å². The van der Waals surface area contributed by atoms with Gasteiger partial charge in [-0.2, -0.15) is 5.10 Å². The number of benzene rings is 1. The second kappa shape index (κ2) is 6.69. The molecule has 0 aliphatic heterocycles. The number of aryl methyl sites for hydroxylation is 1. The highest BCUT2D eigenvalue weighted by Gasteiger charge is 2.14. The van der Waals surface area contributed by atoms with Gasteiger partial charge in [-0.3, -0.25) is 14.0 Å². The summed E-state index contributed by atoms with van der Waals surface area (Å²) in [5.41, 5.74) is 1.76. The molecule has 1 aromatic carbocycles. The van der Waals surface area contributed by atoms with Crippen molar-refractivity contribution in [1.29, 1.82) is 0 Å². The molecule has 7 nitrogen and oxygen atoms in total. The van der Waals surface area contributed by atoms with Crippen molar-refractivity contribution >= 4 is 37.9 Å². The van der Waals surface area contributed by atoms with E-state index in [9.17, 15) is 13.6 Å². The van der Waals surface area contributed by atoms with Crippen LogP contribution < -0.4 is 10.3 Å². The Hall–Kier alpha value is -2.88. The maximum Gasteiger partial charge on any atom is 0.272 e. The van der Waals surface area contributed by atoms with E-state index >= 15 is 0 Å². The summed E-state index contributed by atoms with van der Waals surface area (Å²) >= 11 is 3.24. The molecule has 3 heterocycles. The first-order valence-corrected chi connectivity index (χ1v) is 8.64. The molecule has 3 aromatic heterocycles. The topological polar surface area (TPSA) is 74.8 Å². The zero-order chi connectivity index (χ0) is 19.1. The number of hydrogen-bond donors (Lipinski definition) is 0. The lowest BCUT2D eigenvalue weighted by molar-refractivity contribution is 0.0796. The van der Waals surface area contributed by atoms with Crippen LogP contribution in [0.2, 0.25) is 0 Å². The minimum Gasteiger partial charge on any atom is -0.470 e. The van der Waals surface area contributed by atoms with Crippen molar-refractivity contribution in [3.63, 3.8) is 0 Å². The number of alkyl halides is 2. The fraction of sp³-hybridized carbons (Fsp3) is 0.176. The second-order valence-corrected chi connectivity index (χ2v) is 6.60. The average molecular weight is 436 g/mol. The largest absolute Gasteiger partial charge is 0.470 e. The Morgan fingerprint density at radius 3 is 2.85 bits per heavy atom. The van der Waals surface area contributed by atoms with Gasteiger partial charge in [-0.1, -0.05) is 0 Å². The predicted molar refractivity (Wildman–Crippen MR) is 98.6 cm³/mol. The Balaban J connectivity index is 1.82. The van der Waals surface area contributed by atoms with Crippen LogP contribution in [0.4, 0.5) is 8.78 Å². The maximum atomic E-state index is 12.8. The maximum absolute atomic E-state index is 12.8. The zero-order valence-corrected chi connectivity index (χ0v) is 15.5. The summed E-state index contributed by atoms with van der Waals surface area (Å²) in [6, 6.07) is 5.44. The van der Waals surface area contributed by atoms with Gasteiger partial charge < -0.3 is 4.74 Å². The zero-order valence-electron chi connectivity index (χ0n) is 13.9. The van der Waals surface area contributed by atoms with Gasteiger partial charge in [-0.05, 0) is 34.1 Å². The van der Waals surface area contributed by atoms with Crippen LogP contribution in [0, 0.1) is 0 Å². The van der Waals surface area contributed by atoms with Crippen LogP contribution in [0.15, 0.2) is 46.1 Å². The number of ether oxygens (including phenoxy) is 1. The molecule has 0 fully saturated rings. The van der Waals surface area contributed by atoms with E-state index in [4.69, 9.17) is 4.74 Å². The van der Waals surface area contributed by atoms with Crippen LogP contribution in [0.5, 0.6) is 5.88 Å². The van der Waals surface area contributed by atoms with Gasteiger partial charge >= 0.3 is 0 Å². The average Bonchev–Trinajstić information content (AvgIpc) is 3.02. The van der Waals surface area contributed by atoms with Crippen LogP contribution in [-0.4, -0.2) is 37.3 Å². The summed E-state index contributed by atoms with van der Waals surface area (Å²) in [6.45, 7) is -0.792. The normalized spacial score (nSPS) is 11.6. The smallest absolute Gasteiger partial charge is 0.272 e. The van der Waals surface area contributed by atoms with Gasteiger partial charge in [0.2, 0.25) is 5.88 Å².